The Morgan fingerprint density at radius 2 is 2.33 bits per heavy atom. The number of carbonyl (C=O) groups excluding carboxylic acids is 1. The third-order valence-electron chi connectivity index (χ3n) is 3.90. The quantitative estimate of drug-likeness (QED) is 0.760. The van der Waals surface area contributed by atoms with E-state index in [-0.39, 0.29) is 18.5 Å². The molecule has 1 aromatic rings. The van der Waals surface area contributed by atoms with Crippen LogP contribution in [0.2, 0.25) is 0 Å². The second kappa shape index (κ2) is 6.60. The number of aliphatic carboxylic acids is 1. The van der Waals surface area contributed by atoms with Gasteiger partial charge in [0.1, 0.15) is 6.04 Å². The van der Waals surface area contributed by atoms with Crippen LogP contribution in [-0.2, 0) is 11.2 Å². The molecule has 0 bridgehead atoms. The molecule has 0 saturated carbocycles. The Morgan fingerprint density at radius 3 is 2.90 bits per heavy atom. The zero-order valence-corrected chi connectivity index (χ0v) is 12.4. The molecule has 2 rings (SSSR count). The van der Waals surface area contributed by atoms with Gasteiger partial charge in [0, 0.05) is 30.9 Å². The monoisotopic (exact) mass is 294 g/mol. The van der Waals surface area contributed by atoms with Crippen molar-refractivity contribution in [2.45, 2.75) is 45.2 Å². The molecule has 1 fully saturated rings. The SMILES string of the molecule is CC(C)C1CCCN1C(=O)NC(Cc1cnc[nH]1)C(=O)O. The van der Waals surface area contributed by atoms with Gasteiger partial charge in [0.15, 0.2) is 0 Å². The highest BCUT2D eigenvalue weighted by molar-refractivity contribution is 5.83. The lowest BCUT2D eigenvalue weighted by atomic mass is 10.0. The third-order valence-corrected chi connectivity index (χ3v) is 3.90. The van der Waals surface area contributed by atoms with E-state index in [0.717, 1.165) is 12.8 Å². The Kier molecular flexibility index (Phi) is 4.82. The molecule has 2 amide bonds. The fraction of sp³-hybridized carbons (Fsp3) is 0.643. The summed E-state index contributed by atoms with van der Waals surface area (Å²) in [6.45, 7) is 4.84. The number of imidazole rings is 1. The summed E-state index contributed by atoms with van der Waals surface area (Å²) >= 11 is 0. The van der Waals surface area contributed by atoms with Gasteiger partial charge in [-0.3, -0.25) is 0 Å². The minimum atomic E-state index is -1.04. The number of amides is 2. The Balaban J connectivity index is 1.99. The fourth-order valence-corrected chi connectivity index (χ4v) is 2.79. The van der Waals surface area contributed by atoms with Crippen LogP contribution in [0.3, 0.4) is 0 Å². The molecule has 1 aliphatic heterocycles. The minimum absolute atomic E-state index is 0.187. The summed E-state index contributed by atoms with van der Waals surface area (Å²) in [4.78, 5) is 32.1. The number of aromatic amines is 1. The number of carbonyl (C=O) groups is 2. The first-order valence-corrected chi connectivity index (χ1v) is 7.26. The van der Waals surface area contributed by atoms with Gasteiger partial charge in [0.05, 0.1) is 6.33 Å². The summed E-state index contributed by atoms with van der Waals surface area (Å²) in [5.74, 6) is -0.674. The van der Waals surface area contributed by atoms with E-state index < -0.39 is 12.0 Å². The summed E-state index contributed by atoms with van der Waals surface area (Å²) in [6.07, 6.45) is 5.19. The van der Waals surface area contributed by atoms with Crippen molar-refractivity contribution in [3.05, 3.63) is 18.2 Å². The topological polar surface area (TPSA) is 98.3 Å². The molecule has 7 heteroatoms. The van der Waals surface area contributed by atoms with Gasteiger partial charge in [-0.05, 0) is 18.8 Å². The van der Waals surface area contributed by atoms with E-state index in [2.05, 4.69) is 29.1 Å². The lowest BCUT2D eigenvalue weighted by Crippen LogP contribution is -2.51. The lowest BCUT2D eigenvalue weighted by molar-refractivity contribution is -0.139. The van der Waals surface area contributed by atoms with Crippen LogP contribution in [-0.4, -0.2) is 50.6 Å². The summed E-state index contributed by atoms with van der Waals surface area (Å²) in [7, 11) is 0. The predicted molar refractivity (Wildman–Crippen MR) is 76.8 cm³/mol. The number of nitrogens with zero attached hydrogens (tertiary/aromatic N) is 2. The highest BCUT2D eigenvalue weighted by Crippen LogP contribution is 2.23. The number of nitrogens with one attached hydrogen (secondary N) is 2. The highest BCUT2D eigenvalue weighted by atomic mass is 16.4. The Morgan fingerprint density at radius 1 is 1.57 bits per heavy atom. The van der Waals surface area contributed by atoms with Crippen molar-refractivity contribution in [1.82, 2.24) is 20.2 Å². The maximum absolute atomic E-state index is 12.3. The molecule has 2 unspecified atom stereocenters. The highest BCUT2D eigenvalue weighted by Gasteiger charge is 2.33. The molecule has 2 heterocycles. The second-order valence-corrected chi connectivity index (χ2v) is 5.77. The molecule has 0 aliphatic carbocycles. The van der Waals surface area contributed by atoms with E-state index in [1.165, 1.54) is 6.33 Å². The van der Waals surface area contributed by atoms with Gasteiger partial charge in [-0.2, -0.15) is 0 Å². The molecule has 0 spiro atoms. The molecule has 1 aromatic heterocycles. The summed E-state index contributed by atoms with van der Waals surface area (Å²) < 4.78 is 0. The zero-order chi connectivity index (χ0) is 15.4. The average Bonchev–Trinajstić information content (AvgIpc) is 3.08. The number of aromatic nitrogens is 2. The minimum Gasteiger partial charge on any atom is -0.480 e. The molecule has 0 aromatic carbocycles. The molecule has 0 radical (unpaired) electrons. The molecule has 21 heavy (non-hydrogen) atoms. The molecule has 3 N–H and O–H groups in total. The number of likely N-dealkylation sites (tertiary alicyclic amines) is 1. The van der Waals surface area contributed by atoms with Crippen LogP contribution < -0.4 is 5.32 Å². The van der Waals surface area contributed by atoms with Crippen molar-refractivity contribution >= 4 is 12.0 Å². The van der Waals surface area contributed by atoms with Gasteiger partial charge in [-0.1, -0.05) is 13.8 Å². The number of carboxylic acid groups (broad SMARTS) is 1. The number of H-pyrrole nitrogens is 1. The first-order chi connectivity index (χ1) is 9.99. The van der Waals surface area contributed by atoms with Crippen molar-refractivity contribution in [2.75, 3.05) is 6.54 Å². The molecule has 1 saturated heterocycles. The van der Waals surface area contributed by atoms with Gasteiger partial charge < -0.3 is 20.3 Å². The van der Waals surface area contributed by atoms with Crippen LogP contribution in [0.25, 0.3) is 0 Å². The van der Waals surface area contributed by atoms with E-state index in [0.29, 0.717) is 18.2 Å². The van der Waals surface area contributed by atoms with E-state index in [9.17, 15) is 14.7 Å². The Bertz CT molecular complexity index is 486. The molecular formula is C14H22N4O3. The van der Waals surface area contributed by atoms with Crippen molar-refractivity contribution < 1.29 is 14.7 Å². The first kappa shape index (κ1) is 15.3. The third kappa shape index (κ3) is 3.74. The van der Waals surface area contributed by atoms with E-state index in [1.807, 2.05) is 0 Å². The summed E-state index contributed by atoms with van der Waals surface area (Å²) in [6, 6.07) is -1.06. The van der Waals surface area contributed by atoms with Crippen molar-refractivity contribution in [2.24, 2.45) is 5.92 Å². The largest absolute Gasteiger partial charge is 0.480 e. The van der Waals surface area contributed by atoms with Crippen LogP contribution >= 0.6 is 0 Å². The number of carboxylic acids is 1. The van der Waals surface area contributed by atoms with Crippen molar-refractivity contribution in [3.8, 4) is 0 Å². The number of rotatable bonds is 5. The zero-order valence-electron chi connectivity index (χ0n) is 12.4. The van der Waals surface area contributed by atoms with Gasteiger partial charge in [0.25, 0.3) is 0 Å². The molecule has 7 nitrogen and oxygen atoms in total. The Labute approximate surface area is 123 Å². The first-order valence-electron chi connectivity index (χ1n) is 7.26. The van der Waals surface area contributed by atoms with E-state index in [4.69, 9.17) is 0 Å². The van der Waals surface area contributed by atoms with Crippen LogP contribution in [0.4, 0.5) is 4.79 Å². The smallest absolute Gasteiger partial charge is 0.326 e. The fourth-order valence-electron chi connectivity index (χ4n) is 2.79. The maximum Gasteiger partial charge on any atom is 0.326 e. The second-order valence-electron chi connectivity index (χ2n) is 5.77. The molecular weight excluding hydrogens is 272 g/mol. The lowest BCUT2D eigenvalue weighted by Gasteiger charge is -2.29. The van der Waals surface area contributed by atoms with Crippen LogP contribution in [0.1, 0.15) is 32.4 Å². The van der Waals surface area contributed by atoms with Crippen molar-refractivity contribution in [1.29, 1.82) is 0 Å². The van der Waals surface area contributed by atoms with Crippen LogP contribution in [0.5, 0.6) is 0 Å². The van der Waals surface area contributed by atoms with Gasteiger partial charge >= 0.3 is 12.0 Å². The Hall–Kier alpha value is -2.05. The summed E-state index contributed by atoms with van der Waals surface area (Å²) in [5.41, 5.74) is 0.685. The molecule has 1 aliphatic rings. The van der Waals surface area contributed by atoms with E-state index >= 15 is 0 Å². The van der Waals surface area contributed by atoms with Gasteiger partial charge in [-0.25, -0.2) is 14.6 Å². The van der Waals surface area contributed by atoms with Crippen LogP contribution in [0, 0.1) is 5.92 Å². The number of hydrogen-bond acceptors (Lipinski definition) is 3. The summed E-state index contributed by atoms with van der Waals surface area (Å²) in [5, 5.41) is 11.9. The van der Waals surface area contributed by atoms with Crippen LogP contribution in [0.15, 0.2) is 12.5 Å². The normalized spacial score (nSPS) is 19.8. The number of urea groups is 1. The average molecular weight is 294 g/mol. The predicted octanol–water partition coefficient (Wildman–Crippen LogP) is 1.24. The van der Waals surface area contributed by atoms with E-state index in [1.54, 1.807) is 11.1 Å². The molecule has 2 atom stereocenters. The maximum atomic E-state index is 12.3. The molecule has 116 valence electrons. The van der Waals surface area contributed by atoms with Gasteiger partial charge in [0.2, 0.25) is 0 Å². The standard InChI is InChI=1S/C14H22N4O3/c1-9(2)12-4-3-5-18(12)14(21)17-11(13(19)20)6-10-7-15-8-16-10/h7-9,11-12H,3-6H2,1-2H3,(H,15,16)(H,17,21)(H,19,20). The van der Waals surface area contributed by atoms with Crippen molar-refractivity contribution in [3.63, 3.8) is 0 Å². The number of hydrogen-bond donors (Lipinski definition) is 3. The van der Waals surface area contributed by atoms with Gasteiger partial charge in [-0.15, -0.1) is 0 Å².